The number of esters is 3. The lowest BCUT2D eigenvalue weighted by atomic mass is 10.0. The number of rotatable bonds is 65. The van der Waals surface area contributed by atoms with Crippen molar-refractivity contribution in [2.75, 3.05) is 13.2 Å². The summed E-state index contributed by atoms with van der Waals surface area (Å²) < 4.78 is 17.0. The molecule has 0 aliphatic carbocycles. The van der Waals surface area contributed by atoms with E-state index in [0.29, 0.717) is 19.3 Å². The molecule has 1 unspecified atom stereocenters. The monoisotopic (exact) mass is 1160 g/mol. The second-order valence-corrected chi connectivity index (χ2v) is 23.8. The van der Waals surface area contributed by atoms with Gasteiger partial charge in [0.25, 0.3) is 0 Å². The minimum Gasteiger partial charge on any atom is -0.462 e. The summed E-state index contributed by atoms with van der Waals surface area (Å²) in [7, 11) is 0. The van der Waals surface area contributed by atoms with Crippen LogP contribution in [0.15, 0.2) is 97.2 Å². The molecule has 0 aliphatic heterocycles. The quantitative estimate of drug-likeness (QED) is 0.0261. The van der Waals surface area contributed by atoms with Gasteiger partial charge >= 0.3 is 17.9 Å². The van der Waals surface area contributed by atoms with Crippen LogP contribution in [0, 0.1) is 0 Å². The van der Waals surface area contributed by atoms with E-state index >= 15 is 0 Å². The first-order valence-corrected chi connectivity index (χ1v) is 35.7. The largest absolute Gasteiger partial charge is 0.462 e. The Balaban J connectivity index is 4.20. The van der Waals surface area contributed by atoms with Gasteiger partial charge in [0.1, 0.15) is 13.2 Å². The molecule has 1 atom stereocenters. The van der Waals surface area contributed by atoms with E-state index in [2.05, 4.69) is 118 Å². The van der Waals surface area contributed by atoms with Crippen molar-refractivity contribution in [1.29, 1.82) is 0 Å². The number of carbonyl (C=O) groups excluding carboxylic acids is 3. The summed E-state index contributed by atoms with van der Waals surface area (Å²) in [4.78, 5) is 38.4. The van der Waals surface area contributed by atoms with Gasteiger partial charge in [0, 0.05) is 19.3 Å². The molecular formula is C77H134O6. The van der Waals surface area contributed by atoms with Crippen LogP contribution in [-0.2, 0) is 28.6 Å². The van der Waals surface area contributed by atoms with Gasteiger partial charge in [-0.3, -0.25) is 14.4 Å². The number of unbranched alkanes of at least 4 members (excludes halogenated alkanes) is 38. The first-order valence-electron chi connectivity index (χ1n) is 35.7. The summed E-state index contributed by atoms with van der Waals surface area (Å²) in [5, 5.41) is 0. The SMILES string of the molecule is CC/C=C\C/C=C\C/C=C\C/C=C\C/C=C\C/C=C\CCCCCCCCCCCCCCCCC(=O)OCC(COC(=O)CCCCCCC/C=C\C/C=C\CCC)OC(=O)CCCCCCCCCCCCCCCCCCCCC. The maximum atomic E-state index is 12.9. The molecule has 0 saturated heterocycles. The topological polar surface area (TPSA) is 78.9 Å². The third-order valence-electron chi connectivity index (χ3n) is 15.6. The van der Waals surface area contributed by atoms with Crippen molar-refractivity contribution in [2.24, 2.45) is 0 Å². The van der Waals surface area contributed by atoms with Crippen molar-refractivity contribution in [3.05, 3.63) is 97.2 Å². The predicted molar refractivity (Wildman–Crippen MR) is 362 cm³/mol. The van der Waals surface area contributed by atoms with Crippen LogP contribution in [0.1, 0.15) is 355 Å². The molecule has 0 amide bonds. The highest BCUT2D eigenvalue weighted by Crippen LogP contribution is 2.18. The second kappa shape index (κ2) is 70.8. The summed E-state index contributed by atoms with van der Waals surface area (Å²) in [6.07, 6.45) is 95.8. The van der Waals surface area contributed by atoms with Gasteiger partial charge < -0.3 is 14.2 Å². The van der Waals surface area contributed by atoms with Gasteiger partial charge in [-0.15, -0.1) is 0 Å². The number of allylic oxidation sites excluding steroid dienone is 16. The zero-order valence-electron chi connectivity index (χ0n) is 54.9. The van der Waals surface area contributed by atoms with E-state index in [1.807, 2.05) is 0 Å². The third-order valence-corrected chi connectivity index (χ3v) is 15.6. The van der Waals surface area contributed by atoms with Crippen LogP contribution in [-0.4, -0.2) is 37.2 Å². The smallest absolute Gasteiger partial charge is 0.306 e. The molecule has 0 aromatic rings. The van der Waals surface area contributed by atoms with Crippen LogP contribution < -0.4 is 0 Å². The van der Waals surface area contributed by atoms with Gasteiger partial charge in [-0.2, -0.15) is 0 Å². The van der Waals surface area contributed by atoms with E-state index in [9.17, 15) is 14.4 Å². The third kappa shape index (κ3) is 69.0. The summed E-state index contributed by atoms with van der Waals surface area (Å²) in [6, 6.07) is 0. The molecule has 0 saturated carbocycles. The van der Waals surface area contributed by atoms with Crippen LogP contribution in [0.3, 0.4) is 0 Å². The number of hydrogen-bond acceptors (Lipinski definition) is 6. The van der Waals surface area contributed by atoms with E-state index in [4.69, 9.17) is 14.2 Å². The molecule has 83 heavy (non-hydrogen) atoms. The Morgan fingerprint density at radius 3 is 0.783 bits per heavy atom. The van der Waals surface area contributed by atoms with Crippen molar-refractivity contribution in [1.82, 2.24) is 0 Å². The Labute approximate surface area is 515 Å². The Kier molecular flexibility index (Phi) is 67.7. The van der Waals surface area contributed by atoms with Crippen molar-refractivity contribution in [2.45, 2.75) is 361 Å². The first-order chi connectivity index (χ1) is 41.0. The Bertz CT molecular complexity index is 1610. The number of ether oxygens (including phenoxy) is 3. The van der Waals surface area contributed by atoms with Crippen molar-refractivity contribution >= 4 is 17.9 Å². The number of hydrogen-bond donors (Lipinski definition) is 0. The molecule has 6 nitrogen and oxygen atoms in total. The molecule has 0 rings (SSSR count). The average molecular weight is 1160 g/mol. The predicted octanol–water partition coefficient (Wildman–Crippen LogP) is 24.8. The molecule has 0 aliphatic rings. The molecule has 0 radical (unpaired) electrons. The molecule has 0 fully saturated rings. The first kappa shape index (κ1) is 79.3. The average Bonchev–Trinajstić information content (AvgIpc) is 3.49. The van der Waals surface area contributed by atoms with Crippen LogP contribution >= 0.6 is 0 Å². The van der Waals surface area contributed by atoms with Crippen molar-refractivity contribution in [3.8, 4) is 0 Å². The maximum absolute atomic E-state index is 12.9. The fourth-order valence-electron chi connectivity index (χ4n) is 10.3. The van der Waals surface area contributed by atoms with Crippen LogP contribution in [0.2, 0.25) is 0 Å². The van der Waals surface area contributed by atoms with E-state index in [-0.39, 0.29) is 31.1 Å². The van der Waals surface area contributed by atoms with Gasteiger partial charge in [0.2, 0.25) is 0 Å². The van der Waals surface area contributed by atoms with E-state index in [1.165, 1.54) is 193 Å². The minimum atomic E-state index is -0.782. The normalized spacial score (nSPS) is 12.7. The lowest BCUT2D eigenvalue weighted by molar-refractivity contribution is -0.167. The molecule has 6 heteroatoms. The van der Waals surface area contributed by atoms with Crippen molar-refractivity contribution in [3.63, 3.8) is 0 Å². The number of carbonyl (C=O) groups is 3. The maximum Gasteiger partial charge on any atom is 0.306 e. The summed E-state index contributed by atoms with van der Waals surface area (Å²) in [5.41, 5.74) is 0. The zero-order valence-corrected chi connectivity index (χ0v) is 54.9. The molecular weight excluding hydrogens is 1020 g/mol. The summed E-state index contributed by atoms with van der Waals surface area (Å²) in [6.45, 7) is 6.50. The summed E-state index contributed by atoms with van der Waals surface area (Å²) in [5.74, 6) is -0.874. The minimum absolute atomic E-state index is 0.0778. The van der Waals surface area contributed by atoms with Crippen LogP contribution in [0.25, 0.3) is 0 Å². The lowest BCUT2D eigenvalue weighted by Gasteiger charge is -2.18. The highest BCUT2D eigenvalue weighted by Gasteiger charge is 2.19. The van der Waals surface area contributed by atoms with Crippen LogP contribution in [0.5, 0.6) is 0 Å². The van der Waals surface area contributed by atoms with Gasteiger partial charge in [-0.05, 0) is 96.3 Å². The van der Waals surface area contributed by atoms with Gasteiger partial charge in [0.05, 0.1) is 0 Å². The standard InChI is InChI=1S/C77H134O6/c1-4-7-10-13-16-19-22-25-27-29-31-32-33-34-35-36-37-38-39-40-41-42-43-44-46-47-49-52-55-58-61-64-67-70-76(79)82-73-74(72-81-75(78)69-66-63-60-57-54-51-24-21-18-15-12-9-6-3)83-77(80)71-68-65-62-59-56-53-50-48-45-30-28-26-23-20-17-14-11-8-5-2/h7,10,12,15-16,19,21,24-25,27,31-32,34-35,37-38,74H,4-6,8-9,11,13-14,17-18,20,22-23,26,28-30,33,36,39-73H2,1-3H3/b10-7-,15-12-,19-16-,24-21-,27-25-,32-31-,35-34-,38-37-. The molecule has 0 heterocycles. The van der Waals surface area contributed by atoms with E-state index < -0.39 is 6.10 Å². The van der Waals surface area contributed by atoms with Gasteiger partial charge in [-0.1, -0.05) is 336 Å². The Hall–Kier alpha value is -3.67. The molecule has 0 bridgehead atoms. The molecule has 0 aromatic heterocycles. The van der Waals surface area contributed by atoms with E-state index in [1.54, 1.807) is 0 Å². The van der Waals surface area contributed by atoms with Crippen LogP contribution in [0.4, 0.5) is 0 Å². The second-order valence-electron chi connectivity index (χ2n) is 23.8. The Morgan fingerprint density at radius 1 is 0.253 bits per heavy atom. The van der Waals surface area contributed by atoms with E-state index in [0.717, 1.165) is 122 Å². The van der Waals surface area contributed by atoms with Gasteiger partial charge in [-0.25, -0.2) is 0 Å². The highest BCUT2D eigenvalue weighted by atomic mass is 16.6. The fourth-order valence-corrected chi connectivity index (χ4v) is 10.3. The van der Waals surface area contributed by atoms with Crippen molar-refractivity contribution < 1.29 is 28.6 Å². The summed E-state index contributed by atoms with van der Waals surface area (Å²) >= 11 is 0. The molecule has 478 valence electrons. The molecule has 0 N–H and O–H groups in total. The molecule has 0 aromatic carbocycles. The Morgan fingerprint density at radius 2 is 0.494 bits per heavy atom. The molecule has 0 spiro atoms. The van der Waals surface area contributed by atoms with Gasteiger partial charge in [0.15, 0.2) is 6.10 Å². The zero-order chi connectivity index (χ0) is 59.9. The fraction of sp³-hybridized carbons (Fsp3) is 0.753. The highest BCUT2D eigenvalue weighted by molar-refractivity contribution is 5.71. The lowest BCUT2D eigenvalue weighted by Crippen LogP contribution is -2.30.